The zero-order valence-corrected chi connectivity index (χ0v) is 14.3. The monoisotopic (exact) mass is 349 g/mol. The van der Waals surface area contributed by atoms with Gasteiger partial charge in [-0.25, -0.2) is 8.78 Å². The van der Waals surface area contributed by atoms with E-state index in [1.807, 2.05) is 25.1 Å². The first-order chi connectivity index (χ1) is 12.6. The largest absolute Gasteiger partial charge is 0.309 e. The van der Waals surface area contributed by atoms with E-state index >= 15 is 4.39 Å². The molecule has 0 fully saturated rings. The second kappa shape index (κ2) is 6.77. The van der Waals surface area contributed by atoms with Crippen LogP contribution in [0.3, 0.4) is 0 Å². The van der Waals surface area contributed by atoms with Crippen molar-refractivity contribution in [2.24, 2.45) is 0 Å². The predicted molar refractivity (Wildman–Crippen MR) is 97.3 cm³/mol. The van der Waals surface area contributed by atoms with Gasteiger partial charge in [0.25, 0.3) is 0 Å². The van der Waals surface area contributed by atoms with E-state index in [1.165, 1.54) is 12.1 Å². The normalized spacial score (nSPS) is 13.7. The molecule has 0 saturated heterocycles. The van der Waals surface area contributed by atoms with Gasteiger partial charge in [-0.3, -0.25) is 0 Å². The fraction of sp³-hybridized carbons (Fsp3) is 0.143. The van der Waals surface area contributed by atoms with Crippen molar-refractivity contribution >= 4 is 5.57 Å². The summed E-state index contributed by atoms with van der Waals surface area (Å²) >= 11 is 0. The number of hydrogen-bond donors (Lipinski definition) is 1. The van der Waals surface area contributed by atoms with Gasteiger partial charge in [-0.15, -0.1) is 0 Å². The Bertz CT molecular complexity index is 977. The maximum absolute atomic E-state index is 15.3. The summed E-state index contributed by atoms with van der Waals surface area (Å²) in [6.07, 6.45) is 2.00. The Morgan fingerprint density at radius 2 is 1.65 bits per heavy atom. The standard InChI is InChI=1S/C21H17F2N3/c1-13-2-9-20(26-25-13)18-8-7-17-16(14-3-5-15(22)6-4-14)10-11-24-12-19(17)21(18)23/h2-10,24H,11-12H2,1H3. The van der Waals surface area contributed by atoms with Gasteiger partial charge < -0.3 is 5.32 Å². The Labute approximate surface area is 150 Å². The number of aromatic nitrogens is 2. The molecule has 26 heavy (non-hydrogen) atoms. The van der Waals surface area contributed by atoms with Crippen LogP contribution in [-0.2, 0) is 6.54 Å². The fourth-order valence-electron chi connectivity index (χ4n) is 3.17. The molecule has 0 radical (unpaired) electrons. The number of hydrogen-bond acceptors (Lipinski definition) is 3. The Balaban J connectivity index is 1.83. The van der Waals surface area contributed by atoms with Crippen molar-refractivity contribution in [2.45, 2.75) is 13.5 Å². The van der Waals surface area contributed by atoms with E-state index in [9.17, 15) is 4.39 Å². The topological polar surface area (TPSA) is 37.8 Å². The highest BCUT2D eigenvalue weighted by Crippen LogP contribution is 2.33. The van der Waals surface area contributed by atoms with Gasteiger partial charge in [-0.05, 0) is 54.0 Å². The molecule has 0 saturated carbocycles. The molecule has 3 nitrogen and oxygen atoms in total. The summed E-state index contributed by atoms with van der Waals surface area (Å²) in [4.78, 5) is 0. The molecule has 2 aromatic carbocycles. The molecule has 0 atom stereocenters. The summed E-state index contributed by atoms with van der Waals surface area (Å²) in [6.45, 7) is 2.86. The van der Waals surface area contributed by atoms with Crippen LogP contribution in [0.2, 0.25) is 0 Å². The van der Waals surface area contributed by atoms with Crippen LogP contribution in [0.4, 0.5) is 8.78 Å². The summed E-state index contributed by atoms with van der Waals surface area (Å²) in [5.41, 5.74) is 4.86. The highest BCUT2D eigenvalue weighted by molar-refractivity contribution is 5.83. The SMILES string of the molecule is Cc1ccc(-c2ccc3c(c2F)CNCC=C3c2ccc(F)cc2)nn1. The first kappa shape index (κ1) is 16.5. The lowest BCUT2D eigenvalue weighted by molar-refractivity contribution is 0.599. The van der Waals surface area contributed by atoms with E-state index in [1.54, 1.807) is 24.3 Å². The highest BCUT2D eigenvalue weighted by atomic mass is 19.1. The highest BCUT2D eigenvalue weighted by Gasteiger charge is 2.20. The van der Waals surface area contributed by atoms with Crippen LogP contribution in [0, 0.1) is 18.6 Å². The molecule has 1 N–H and O–H groups in total. The lowest BCUT2D eigenvalue weighted by Crippen LogP contribution is -2.13. The second-order valence-electron chi connectivity index (χ2n) is 6.27. The van der Waals surface area contributed by atoms with Gasteiger partial charge in [0, 0.05) is 24.2 Å². The van der Waals surface area contributed by atoms with Gasteiger partial charge in [0.1, 0.15) is 11.6 Å². The number of nitrogens with zero attached hydrogens (tertiary/aromatic N) is 2. The fourth-order valence-corrected chi connectivity index (χ4v) is 3.17. The number of nitrogens with one attached hydrogen (secondary N) is 1. The molecule has 1 aliphatic heterocycles. The Morgan fingerprint density at radius 1 is 0.885 bits per heavy atom. The number of halogens is 2. The van der Waals surface area contributed by atoms with E-state index in [-0.39, 0.29) is 11.6 Å². The lowest BCUT2D eigenvalue weighted by atomic mass is 9.92. The minimum absolute atomic E-state index is 0.291. The van der Waals surface area contributed by atoms with Gasteiger partial charge in [0.15, 0.2) is 0 Å². The van der Waals surface area contributed by atoms with Crippen LogP contribution < -0.4 is 5.32 Å². The van der Waals surface area contributed by atoms with E-state index in [2.05, 4.69) is 15.5 Å². The van der Waals surface area contributed by atoms with E-state index in [0.717, 1.165) is 22.4 Å². The minimum atomic E-state index is -0.303. The molecular weight excluding hydrogens is 332 g/mol. The predicted octanol–water partition coefficient (Wildman–Crippen LogP) is 4.27. The second-order valence-corrected chi connectivity index (χ2v) is 6.27. The smallest absolute Gasteiger partial charge is 0.137 e. The van der Waals surface area contributed by atoms with Crippen molar-refractivity contribution in [1.29, 1.82) is 0 Å². The van der Waals surface area contributed by atoms with Crippen LogP contribution in [0.1, 0.15) is 22.4 Å². The van der Waals surface area contributed by atoms with Crippen molar-refractivity contribution in [2.75, 3.05) is 6.54 Å². The van der Waals surface area contributed by atoms with Crippen molar-refractivity contribution < 1.29 is 8.78 Å². The van der Waals surface area contributed by atoms with Crippen LogP contribution in [0.25, 0.3) is 16.8 Å². The molecule has 0 amide bonds. The summed E-state index contributed by atoms with van der Waals surface area (Å²) in [5.74, 6) is -0.594. The summed E-state index contributed by atoms with van der Waals surface area (Å²) in [7, 11) is 0. The summed E-state index contributed by atoms with van der Waals surface area (Å²) < 4.78 is 28.5. The molecule has 1 aromatic heterocycles. The quantitative estimate of drug-likeness (QED) is 0.751. The third kappa shape index (κ3) is 3.02. The van der Waals surface area contributed by atoms with E-state index < -0.39 is 0 Å². The molecule has 0 aliphatic carbocycles. The molecule has 2 heterocycles. The van der Waals surface area contributed by atoms with Crippen molar-refractivity contribution in [3.63, 3.8) is 0 Å². The molecule has 130 valence electrons. The van der Waals surface area contributed by atoms with Crippen molar-refractivity contribution in [1.82, 2.24) is 15.5 Å². The maximum atomic E-state index is 15.3. The summed E-state index contributed by atoms with van der Waals surface area (Å²) in [5, 5.41) is 11.3. The molecule has 3 aromatic rings. The summed E-state index contributed by atoms with van der Waals surface area (Å²) in [6, 6.07) is 13.5. The number of fused-ring (bicyclic) bond motifs is 1. The van der Waals surface area contributed by atoms with Gasteiger partial charge >= 0.3 is 0 Å². The van der Waals surface area contributed by atoms with Gasteiger partial charge in [0.2, 0.25) is 0 Å². The van der Waals surface area contributed by atoms with Gasteiger partial charge in [-0.2, -0.15) is 10.2 Å². The molecule has 1 aliphatic rings. The minimum Gasteiger partial charge on any atom is -0.309 e. The van der Waals surface area contributed by atoms with Gasteiger partial charge in [0.05, 0.1) is 11.4 Å². The third-order valence-electron chi connectivity index (χ3n) is 4.51. The number of aryl methyl sites for hydroxylation is 1. The average molecular weight is 349 g/mol. The van der Waals surface area contributed by atoms with Crippen LogP contribution in [0.5, 0.6) is 0 Å². The number of benzene rings is 2. The van der Waals surface area contributed by atoms with Crippen LogP contribution in [0.15, 0.2) is 54.6 Å². The average Bonchev–Trinajstić information content (AvgIpc) is 2.87. The third-order valence-corrected chi connectivity index (χ3v) is 4.51. The Morgan fingerprint density at radius 3 is 2.38 bits per heavy atom. The van der Waals surface area contributed by atoms with Crippen molar-refractivity contribution in [3.05, 3.63) is 88.6 Å². The Hall–Kier alpha value is -2.92. The van der Waals surface area contributed by atoms with E-state index in [4.69, 9.17) is 0 Å². The zero-order valence-electron chi connectivity index (χ0n) is 14.3. The van der Waals surface area contributed by atoms with Crippen LogP contribution in [-0.4, -0.2) is 16.7 Å². The molecule has 0 unspecified atom stereocenters. The molecule has 0 spiro atoms. The molecular formula is C21H17F2N3. The van der Waals surface area contributed by atoms with Crippen LogP contribution >= 0.6 is 0 Å². The van der Waals surface area contributed by atoms with Gasteiger partial charge in [-0.1, -0.05) is 24.3 Å². The maximum Gasteiger partial charge on any atom is 0.137 e. The molecule has 4 rings (SSSR count). The Kier molecular flexibility index (Phi) is 4.31. The first-order valence-electron chi connectivity index (χ1n) is 8.43. The molecule has 0 bridgehead atoms. The van der Waals surface area contributed by atoms with Crippen molar-refractivity contribution in [3.8, 4) is 11.3 Å². The zero-order chi connectivity index (χ0) is 18.1. The number of rotatable bonds is 2. The lowest BCUT2D eigenvalue weighted by Gasteiger charge is -2.14. The van der Waals surface area contributed by atoms with E-state index in [0.29, 0.717) is 29.9 Å². The molecule has 5 heteroatoms. The first-order valence-corrected chi connectivity index (χ1v) is 8.43.